The van der Waals surface area contributed by atoms with E-state index in [-0.39, 0.29) is 0 Å². The fourth-order valence-corrected chi connectivity index (χ4v) is 2.47. The summed E-state index contributed by atoms with van der Waals surface area (Å²) in [6.07, 6.45) is 0. The smallest absolute Gasteiger partial charge is 0.128 e. The standard InChI is InChI=1S/C14H13BrN2/c1-9-8-16-14(17-9)12-3-2-11-7-13(15)5-4-10(11)6-12/h2-7,9H,8H2,1H3,(H,16,17). The van der Waals surface area contributed by atoms with E-state index < -0.39 is 0 Å². The van der Waals surface area contributed by atoms with Gasteiger partial charge in [0.1, 0.15) is 5.84 Å². The second-order valence-electron chi connectivity index (χ2n) is 4.44. The first-order chi connectivity index (χ1) is 8.22. The molecule has 17 heavy (non-hydrogen) atoms. The van der Waals surface area contributed by atoms with Crippen LogP contribution in [0.1, 0.15) is 12.5 Å². The van der Waals surface area contributed by atoms with Gasteiger partial charge in [0.25, 0.3) is 0 Å². The summed E-state index contributed by atoms with van der Waals surface area (Å²) in [5.41, 5.74) is 1.17. The van der Waals surface area contributed by atoms with Crippen molar-refractivity contribution in [3.63, 3.8) is 0 Å². The maximum atomic E-state index is 4.51. The number of hydrogen-bond acceptors (Lipinski definition) is 2. The minimum absolute atomic E-state index is 0.450. The average molecular weight is 289 g/mol. The molecule has 0 fully saturated rings. The number of nitrogens with zero attached hydrogens (tertiary/aromatic N) is 1. The number of aliphatic imine (C=N–C) groups is 1. The van der Waals surface area contributed by atoms with Gasteiger partial charge in [-0.3, -0.25) is 4.99 Å². The van der Waals surface area contributed by atoms with Crippen molar-refractivity contribution in [3.05, 3.63) is 46.4 Å². The van der Waals surface area contributed by atoms with E-state index in [1.165, 1.54) is 16.3 Å². The molecule has 0 aliphatic carbocycles. The molecule has 0 amide bonds. The maximum absolute atomic E-state index is 4.51. The van der Waals surface area contributed by atoms with Gasteiger partial charge >= 0.3 is 0 Å². The van der Waals surface area contributed by atoms with Gasteiger partial charge in [0.05, 0.1) is 6.54 Å². The summed E-state index contributed by atoms with van der Waals surface area (Å²) >= 11 is 3.49. The van der Waals surface area contributed by atoms with Crippen LogP contribution in [0.4, 0.5) is 0 Å². The highest BCUT2D eigenvalue weighted by Crippen LogP contribution is 2.21. The Bertz CT molecular complexity index is 604. The van der Waals surface area contributed by atoms with E-state index >= 15 is 0 Å². The molecule has 1 aliphatic heterocycles. The zero-order valence-electron chi connectivity index (χ0n) is 9.57. The van der Waals surface area contributed by atoms with Gasteiger partial charge in [0.2, 0.25) is 0 Å². The van der Waals surface area contributed by atoms with Crippen LogP contribution < -0.4 is 5.32 Å². The predicted molar refractivity (Wildman–Crippen MR) is 75.6 cm³/mol. The Morgan fingerprint density at radius 1 is 1.18 bits per heavy atom. The highest BCUT2D eigenvalue weighted by atomic mass is 79.9. The minimum Gasteiger partial charge on any atom is -0.366 e. The molecule has 0 aromatic heterocycles. The van der Waals surface area contributed by atoms with Crippen LogP contribution in [0, 0.1) is 0 Å². The van der Waals surface area contributed by atoms with Crippen molar-refractivity contribution < 1.29 is 0 Å². The van der Waals surface area contributed by atoms with Crippen LogP contribution in [0.15, 0.2) is 45.9 Å². The molecule has 1 atom stereocenters. The number of amidine groups is 1. The fourth-order valence-electron chi connectivity index (χ4n) is 2.09. The third-order valence-electron chi connectivity index (χ3n) is 2.98. The molecule has 86 valence electrons. The molecule has 2 aromatic carbocycles. The lowest BCUT2D eigenvalue weighted by Crippen LogP contribution is -2.27. The summed E-state index contributed by atoms with van der Waals surface area (Å²) < 4.78 is 1.11. The number of halogens is 1. The molecular weight excluding hydrogens is 276 g/mol. The SMILES string of the molecule is CC1CN=C(c2ccc3cc(Br)ccc3c2)N1. The molecule has 0 radical (unpaired) electrons. The van der Waals surface area contributed by atoms with Crippen LogP contribution in [0.5, 0.6) is 0 Å². The third-order valence-corrected chi connectivity index (χ3v) is 3.48. The summed E-state index contributed by atoms with van der Waals surface area (Å²) in [6.45, 7) is 3.02. The van der Waals surface area contributed by atoms with Crippen LogP contribution >= 0.6 is 15.9 Å². The normalized spacial score (nSPS) is 19.2. The molecule has 1 unspecified atom stereocenters. The predicted octanol–water partition coefficient (Wildman–Crippen LogP) is 3.34. The van der Waals surface area contributed by atoms with Gasteiger partial charge in [-0.05, 0) is 35.9 Å². The number of hydrogen-bond donors (Lipinski definition) is 1. The average Bonchev–Trinajstić information content (AvgIpc) is 2.75. The highest BCUT2D eigenvalue weighted by molar-refractivity contribution is 9.10. The molecular formula is C14H13BrN2. The minimum atomic E-state index is 0.450. The topological polar surface area (TPSA) is 24.4 Å². The second-order valence-corrected chi connectivity index (χ2v) is 5.36. The van der Waals surface area contributed by atoms with Crippen molar-refractivity contribution in [2.75, 3.05) is 6.54 Å². The van der Waals surface area contributed by atoms with Crippen LogP contribution in [-0.2, 0) is 0 Å². The van der Waals surface area contributed by atoms with Gasteiger partial charge in [-0.25, -0.2) is 0 Å². The van der Waals surface area contributed by atoms with E-state index in [0.29, 0.717) is 6.04 Å². The van der Waals surface area contributed by atoms with Crippen LogP contribution in [0.2, 0.25) is 0 Å². The van der Waals surface area contributed by atoms with E-state index in [2.05, 4.69) is 69.6 Å². The van der Waals surface area contributed by atoms with Gasteiger partial charge in [-0.15, -0.1) is 0 Å². The zero-order chi connectivity index (χ0) is 11.8. The van der Waals surface area contributed by atoms with E-state index in [9.17, 15) is 0 Å². The lowest BCUT2D eigenvalue weighted by Gasteiger charge is -2.07. The first-order valence-corrected chi connectivity index (χ1v) is 6.52. The van der Waals surface area contributed by atoms with Gasteiger partial charge in [-0.1, -0.05) is 34.1 Å². The molecule has 3 heteroatoms. The monoisotopic (exact) mass is 288 g/mol. The largest absolute Gasteiger partial charge is 0.366 e. The Balaban J connectivity index is 2.05. The van der Waals surface area contributed by atoms with Crippen molar-refractivity contribution in [2.24, 2.45) is 4.99 Å². The van der Waals surface area contributed by atoms with Crippen molar-refractivity contribution in [1.29, 1.82) is 0 Å². The zero-order valence-corrected chi connectivity index (χ0v) is 11.2. The molecule has 1 N–H and O–H groups in total. The molecule has 0 saturated carbocycles. The molecule has 2 nitrogen and oxygen atoms in total. The Hall–Kier alpha value is -1.35. The Morgan fingerprint density at radius 3 is 2.71 bits per heavy atom. The van der Waals surface area contributed by atoms with Gasteiger partial charge in [-0.2, -0.15) is 0 Å². The third kappa shape index (κ3) is 2.07. The molecule has 3 rings (SSSR count). The number of fused-ring (bicyclic) bond motifs is 1. The number of rotatable bonds is 1. The quantitative estimate of drug-likeness (QED) is 0.855. The van der Waals surface area contributed by atoms with Crippen LogP contribution in [0.3, 0.4) is 0 Å². The molecule has 1 heterocycles. The Kier molecular flexibility index (Phi) is 2.63. The van der Waals surface area contributed by atoms with Crippen LogP contribution in [-0.4, -0.2) is 18.4 Å². The lowest BCUT2D eigenvalue weighted by molar-refractivity contribution is 0.726. The summed E-state index contributed by atoms with van der Waals surface area (Å²) in [5.74, 6) is 1.02. The van der Waals surface area contributed by atoms with E-state index in [1.54, 1.807) is 0 Å². The van der Waals surface area contributed by atoms with Crippen molar-refractivity contribution in [3.8, 4) is 0 Å². The first-order valence-electron chi connectivity index (χ1n) is 5.73. The number of benzene rings is 2. The molecule has 0 saturated heterocycles. The van der Waals surface area contributed by atoms with Crippen molar-refractivity contribution in [1.82, 2.24) is 5.32 Å². The number of nitrogens with one attached hydrogen (secondary N) is 1. The van der Waals surface area contributed by atoms with Gasteiger partial charge in [0.15, 0.2) is 0 Å². The summed E-state index contributed by atoms with van der Waals surface area (Å²) in [7, 11) is 0. The van der Waals surface area contributed by atoms with E-state index in [1.807, 2.05) is 0 Å². The summed E-state index contributed by atoms with van der Waals surface area (Å²) in [6, 6.07) is 13.2. The van der Waals surface area contributed by atoms with Gasteiger partial charge in [0, 0.05) is 16.1 Å². The maximum Gasteiger partial charge on any atom is 0.128 e. The first kappa shape index (κ1) is 10.8. The van der Waals surface area contributed by atoms with Gasteiger partial charge < -0.3 is 5.32 Å². The molecule has 0 spiro atoms. The van der Waals surface area contributed by atoms with Crippen molar-refractivity contribution in [2.45, 2.75) is 13.0 Å². The fraction of sp³-hybridized carbons (Fsp3) is 0.214. The molecule has 1 aliphatic rings. The molecule has 2 aromatic rings. The Morgan fingerprint density at radius 2 is 1.94 bits per heavy atom. The summed E-state index contributed by atoms with van der Waals surface area (Å²) in [4.78, 5) is 4.51. The van der Waals surface area contributed by atoms with E-state index in [0.717, 1.165) is 16.9 Å². The Labute approximate surface area is 109 Å². The van der Waals surface area contributed by atoms with Crippen LogP contribution in [0.25, 0.3) is 10.8 Å². The second kappa shape index (κ2) is 4.15. The summed E-state index contributed by atoms with van der Waals surface area (Å²) in [5, 5.41) is 5.88. The lowest BCUT2D eigenvalue weighted by atomic mass is 10.1. The van der Waals surface area contributed by atoms with Crippen molar-refractivity contribution >= 4 is 32.5 Å². The molecule has 0 bridgehead atoms. The van der Waals surface area contributed by atoms with E-state index in [4.69, 9.17) is 0 Å². The highest BCUT2D eigenvalue weighted by Gasteiger charge is 2.14.